The van der Waals surface area contributed by atoms with Crippen molar-refractivity contribution >= 4 is 39.7 Å². The van der Waals surface area contributed by atoms with Crippen molar-refractivity contribution in [2.45, 2.75) is 25.7 Å². The van der Waals surface area contributed by atoms with Crippen LogP contribution in [0.1, 0.15) is 16.7 Å². The van der Waals surface area contributed by atoms with Gasteiger partial charge in [-0.15, -0.1) is 0 Å². The van der Waals surface area contributed by atoms with Gasteiger partial charge in [0.25, 0.3) is 10.1 Å². The van der Waals surface area contributed by atoms with Crippen molar-refractivity contribution < 1.29 is 13.0 Å². The van der Waals surface area contributed by atoms with E-state index in [2.05, 4.69) is 0 Å². The quantitative estimate of drug-likeness (QED) is 0.576. The Hall–Kier alpha value is 0.130. The predicted octanol–water partition coefficient (Wildman–Crippen LogP) is 1.21. The summed E-state index contributed by atoms with van der Waals surface area (Å²) in [4.78, 5) is 0.0260. The van der Waals surface area contributed by atoms with Gasteiger partial charge < -0.3 is 0 Å². The first-order valence-electron chi connectivity index (χ1n) is 3.87. The number of aryl methyl sites for hydroxylation is 3. The fourth-order valence-corrected chi connectivity index (χ4v) is 2.51. The molecule has 1 aromatic rings. The van der Waals surface area contributed by atoms with Crippen LogP contribution in [0.4, 0.5) is 0 Å². The van der Waals surface area contributed by atoms with Crippen LogP contribution in [0.25, 0.3) is 0 Å². The summed E-state index contributed by atoms with van der Waals surface area (Å²) in [5.41, 5.74) is 2.16. The fourth-order valence-electron chi connectivity index (χ4n) is 1.57. The molecule has 0 spiro atoms. The molecule has 1 aromatic carbocycles. The van der Waals surface area contributed by atoms with Crippen molar-refractivity contribution in [2.24, 2.45) is 0 Å². The van der Waals surface area contributed by atoms with Gasteiger partial charge in [0.15, 0.2) is 0 Å². The van der Waals surface area contributed by atoms with Crippen LogP contribution in [-0.4, -0.2) is 42.5 Å². The number of rotatable bonds is 1. The number of hydrogen-bond acceptors (Lipinski definition) is 2. The first-order chi connectivity index (χ1) is 5.82. The van der Waals surface area contributed by atoms with Crippen molar-refractivity contribution in [3.63, 3.8) is 0 Å². The Morgan fingerprint density at radius 2 is 1.43 bits per heavy atom. The molecule has 3 nitrogen and oxygen atoms in total. The average molecular weight is 224 g/mol. The van der Waals surface area contributed by atoms with E-state index in [-0.39, 0.29) is 34.5 Å². The molecule has 0 saturated heterocycles. The standard InChI is InChI=1S/C9H12O3S.Na.H/c1-6-4-7(2)9(8(3)5-6)13(10,11)12;;/h4-5H,1-3H3,(H,10,11,12);;. The summed E-state index contributed by atoms with van der Waals surface area (Å²) in [6.07, 6.45) is 0. The Balaban J connectivity index is 0.00000169. The molecule has 0 aliphatic heterocycles. The first kappa shape index (κ1) is 14.1. The average Bonchev–Trinajstić information content (AvgIpc) is 1.78. The number of benzene rings is 1. The fraction of sp³-hybridized carbons (Fsp3) is 0.333. The van der Waals surface area contributed by atoms with Gasteiger partial charge in [0.05, 0.1) is 4.90 Å². The van der Waals surface area contributed by atoms with Crippen LogP contribution in [0.5, 0.6) is 0 Å². The minimum atomic E-state index is -4.08. The van der Waals surface area contributed by atoms with Crippen LogP contribution < -0.4 is 0 Å². The third-order valence-corrected chi connectivity index (χ3v) is 3.02. The maximum atomic E-state index is 10.9. The maximum absolute atomic E-state index is 10.9. The van der Waals surface area contributed by atoms with Crippen molar-refractivity contribution in [2.75, 3.05) is 0 Å². The molecule has 0 aromatic heterocycles. The van der Waals surface area contributed by atoms with Gasteiger partial charge in [-0.2, -0.15) is 8.42 Å². The van der Waals surface area contributed by atoms with Crippen LogP contribution in [-0.2, 0) is 10.1 Å². The van der Waals surface area contributed by atoms with Gasteiger partial charge in [0, 0.05) is 0 Å². The van der Waals surface area contributed by atoms with E-state index in [0.29, 0.717) is 11.1 Å². The molecule has 1 rings (SSSR count). The summed E-state index contributed by atoms with van der Waals surface area (Å²) in [7, 11) is -4.08. The normalized spacial score (nSPS) is 10.9. The zero-order chi connectivity index (χ0) is 10.2. The van der Waals surface area contributed by atoms with Crippen molar-refractivity contribution in [1.29, 1.82) is 0 Å². The van der Waals surface area contributed by atoms with E-state index in [1.54, 1.807) is 26.0 Å². The van der Waals surface area contributed by atoms with Crippen LogP contribution in [0.2, 0.25) is 0 Å². The molecule has 0 fully saturated rings. The molecule has 1 N–H and O–H groups in total. The zero-order valence-electron chi connectivity index (χ0n) is 7.83. The van der Waals surface area contributed by atoms with Crippen molar-refractivity contribution in [3.05, 3.63) is 28.8 Å². The molecule has 0 heterocycles. The second kappa shape index (κ2) is 4.77. The van der Waals surface area contributed by atoms with Gasteiger partial charge in [-0.3, -0.25) is 4.55 Å². The molecular weight excluding hydrogens is 211 g/mol. The van der Waals surface area contributed by atoms with E-state index in [9.17, 15) is 8.42 Å². The Morgan fingerprint density at radius 3 is 1.71 bits per heavy atom. The second-order valence-electron chi connectivity index (χ2n) is 3.20. The zero-order valence-corrected chi connectivity index (χ0v) is 8.64. The summed E-state index contributed by atoms with van der Waals surface area (Å²) in [6, 6.07) is 3.46. The molecular formula is C9H13NaO3S. The molecule has 0 radical (unpaired) electrons. The van der Waals surface area contributed by atoms with Crippen LogP contribution >= 0.6 is 0 Å². The monoisotopic (exact) mass is 224 g/mol. The second-order valence-corrected chi connectivity index (χ2v) is 4.56. The van der Waals surface area contributed by atoms with Crippen molar-refractivity contribution in [3.8, 4) is 0 Å². The van der Waals surface area contributed by atoms with E-state index < -0.39 is 10.1 Å². The third kappa shape index (κ3) is 3.07. The SMILES string of the molecule is Cc1cc(C)c(S(=O)(=O)O)c(C)c1.[NaH]. The van der Waals surface area contributed by atoms with E-state index >= 15 is 0 Å². The molecule has 0 saturated carbocycles. The summed E-state index contributed by atoms with van der Waals surface area (Å²) in [6.45, 7) is 5.22. The van der Waals surface area contributed by atoms with E-state index in [1.807, 2.05) is 6.92 Å². The predicted molar refractivity (Wildman–Crippen MR) is 57.6 cm³/mol. The molecule has 0 atom stereocenters. The Kier molecular flexibility index (Phi) is 4.81. The molecule has 0 bridgehead atoms. The summed E-state index contributed by atoms with van der Waals surface area (Å²) in [5, 5.41) is 0. The van der Waals surface area contributed by atoms with Gasteiger partial charge in [0.2, 0.25) is 0 Å². The molecule has 14 heavy (non-hydrogen) atoms. The van der Waals surface area contributed by atoms with Crippen LogP contribution in [0.3, 0.4) is 0 Å². The topological polar surface area (TPSA) is 54.4 Å². The van der Waals surface area contributed by atoms with Gasteiger partial charge in [-0.25, -0.2) is 0 Å². The van der Waals surface area contributed by atoms with Gasteiger partial charge in [-0.1, -0.05) is 17.7 Å². The van der Waals surface area contributed by atoms with Crippen LogP contribution in [0, 0.1) is 20.8 Å². The summed E-state index contributed by atoms with van der Waals surface area (Å²) < 4.78 is 30.8. The Bertz CT molecular complexity index is 414. The number of hydrogen-bond donors (Lipinski definition) is 1. The van der Waals surface area contributed by atoms with E-state index in [4.69, 9.17) is 4.55 Å². The van der Waals surface area contributed by atoms with Crippen LogP contribution in [0.15, 0.2) is 17.0 Å². The van der Waals surface area contributed by atoms with E-state index in [0.717, 1.165) is 5.56 Å². The minimum absolute atomic E-state index is 0. The molecule has 0 unspecified atom stereocenters. The summed E-state index contributed by atoms with van der Waals surface area (Å²) >= 11 is 0. The molecule has 0 aliphatic carbocycles. The molecule has 5 heteroatoms. The summed E-state index contributed by atoms with van der Waals surface area (Å²) in [5.74, 6) is 0. The Labute approximate surface area is 107 Å². The molecule has 0 amide bonds. The van der Waals surface area contributed by atoms with Gasteiger partial charge in [0.1, 0.15) is 0 Å². The first-order valence-corrected chi connectivity index (χ1v) is 5.31. The molecule has 0 aliphatic rings. The van der Waals surface area contributed by atoms with Gasteiger partial charge >= 0.3 is 29.6 Å². The van der Waals surface area contributed by atoms with Crippen molar-refractivity contribution in [1.82, 2.24) is 0 Å². The van der Waals surface area contributed by atoms with E-state index in [1.165, 1.54) is 0 Å². The third-order valence-electron chi connectivity index (χ3n) is 1.86. The Morgan fingerprint density at radius 1 is 1.07 bits per heavy atom. The van der Waals surface area contributed by atoms with Gasteiger partial charge in [-0.05, 0) is 31.9 Å². The molecule has 74 valence electrons.